The minimum atomic E-state index is 0. The van der Waals surface area contributed by atoms with Gasteiger partial charge in [0.15, 0.2) is 0 Å². The number of hydrogen-bond donors (Lipinski definition) is 1. The van der Waals surface area contributed by atoms with Gasteiger partial charge in [-0.3, -0.25) is 4.79 Å². The van der Waals surface area contributed by atoms with Gasteiger partial charge >= 0.3 is 0 Å². The van der Waals surface area contributed by atoms with Gasteiger partial charge in [0.1, 0.15) is 0 Å². The number of morpholine rings is 1. The summed E-state index contributed by atoms with van der Waals surface area (Å²) < 4.78 is 5.82. The summed E-state index contributed by atoms with van der Waals surface area (Å²) in [6.07, 6.45) is 3.28. The number of hydrogen-bond acceptors (Lipinski definition) is 3. The van der Waals surface area contributed by atoms with Gasteiger partial charge in [-0.2, -0.15) is 0 Å². The molecule has 0 aromatic heterocycles. The molecule has 1 aliphatic carbocycles. The molecule has 1 amide bonds. The maximum absolute atomic E-state index is 13.1. The van der Waals surface area contributed by atoms with E-state index in [1.165, 1.54) is 0 Å². The van der Waals surface area contributed by atoms with Crippen molar-refractivity contribution in [2.45, 2.75) is 38.3 Å². The van der Waals surface area contributed by atoms with Crippen LogP contribution in [0.3, 0.4) is 0 Å². The standard InChI is InChI=1S/C18H26N2O2.ClH/c1-13-11-20(18(21)16-9-5-8-15(16)10-19)17(12-22-13)14-6-3-2-4-7-14;/h2-4,6-7,13,15-17H,5,8-12,19H2,1H3;1H/t13?,15-,16-,17?;/m1./s1. The summed E-state index contributed by atoms with van der Waals surface area (Å²) in [4.78, 5) is 15.2. The number of nitrogens with two attached hydrogens (primary N) is 1. The van der Waals surface area contributed by atoms with Crippen LogP contribution in [0.25, 0.3) is 0 Å². The number of carbonyl (C=O) groups excluding carboxylic acids is 1. The number of halogens is 1. The van der Waals surface area contributed by atoms with E-state index in [1.54, 1.807) is 0 Å². The maximum Gasteiger partial charge on any atom is 0.226 e. The molecular formula is C18H27ClN2O2. The quantitative estimate of drug-likeness (QED) is 0.922. The topological polar surface area (TPSA) is 55.6 Å². The van der Waals surface area contributed by atoms with Crippen LogP contribution in [0, 0.1) is 11.8 Å². The molecule has 2 unspecified atom stereocenters. The number of amides is 1. The average molecular weight is 339 g/mol. The molecule has 2 N–H and O–H groups in total. The van der Waals surface area contributed by atoms with Crippen LogP contribution in [0.2, 0.25) is 0 Å². The summed E-state index contributed by atoms with van der Waals surface area (Å²) in [6.45, 7) is 3.91. The Kier molecular flexibility index (Phi) is 6.45. The van der Waals surface area contributed by atoms with Gasteiger partial charge in [0.2, 0.25) is 5.91 Å². The molecule has 2 aliphatic rings. The fourth-order valence-electron chi connectivity index (χ4n) is 3.85. The third-order valence-electron chi connectivity index (χ3n) is 5.12. The van der Waals surface area contributed by atoms with E-state index in [4.69, 9.17) is 10.5 Å². The number of ether oxygens (including phenoxy) is 1. The van der Waals surface area contributed by atoms with Crippen molar-refractivity contribution in [3.63, 3.8) is 0 Å². The first-order valence-corrected chi connectivity index (χ1v) is 8.37. The number of benzene rings is 1. The van der Waals surface area contributed by atoms with Crippen LogP contribution in [-0.2, 0) is 9.53 Å². The van der Waals surface area contributed by atoms with E-state index in [1.807, 2.05) is 30.0 Å². The van der Waals surface area contributed by atoms with Gasteiger partial charge in [0.05, 0.1) is 18.8 Å². The van der Waals surface area contributed by atoms with E-state index in [0.29, 0.717) is 25.6 Å². The molecule has 1 heterocycles. The lowest BCUT2D eigenvalue weighted by molar-refractivity contribution is -0.150. The van der Waals surface area contributed by atoms with Crippen molar-refractivity contribution in [1.82, 2.24) is 4.90 Å². The Morgan fingerprint density at radius 2 is 2.04 bits per heavy atom. The van der Waals surface area contributed by atoms with Crippen molar-refractivity contribution >= 4 is 18.3 Å². The molecule has 4 atom stereocenters. The van der Waals surface area contributed by atoms with Gasteiger partial charge in [0, 0.05) is 12.5 Å². The molecule has 1 aliphatic heterocycles. The van der Waals surface area contributed by atoms with Crippen LogP contribution in [0.5, 0.6) is 0 Å². The molecule has 1 saturated carbocycles. The smallest absolute Gasteiger partial charge is 0.226 e. The average Bonchev–Trinajstić information content (AvgIpc) is 3.03. The van der Waals surface area contributed by atoms with Crippen LogP contribution in [0.15, 0.2) is 30.3 Å². The van der Waals surface area contributed by atoms with Crippen molar-refractivity contribution in [2.24, 2.45) is 17.6 Å². The van der Waals surface area contributed by atoms with Gasteiger partial charge in [-0.15, -0.1) is 12.4 Å². The third-order valence-corrected chi connectivity index (χ3v) is 5.12. The molecule has 2 fully saturated rings. The van der Waals surface area contributed by atoms with Crippen molar-refractivity contribution in [2.75, 3.05) is 19.7 Å². The Morgan fingerprint density at radius 1 is 1.30 bits per heavy atom. The van der Waals surface area contributed by atoms with E-state index in [2.05, 4.69) is 12.1 Å². The minimum absolute atomic E-state index is 0. The molecule has 1 saturated heterocycles. The molecule has 0 spiro atoms. The van der Waals surface area contributed by atoms with Crippen molar-refractivity contribution < 1.29 is 9.53 Å². The SMILES string of the molecule is CC1CN(C(=O)[C@@H]2CCC[C@@H]2CN)C(c2ccccc2)CO1.Cl. The predicted octanol–water partition coefficient (Wildman–Crippen LogP) is 2.77. The van der Waals surface area contributed by atoms with Gasteiger partial charge in [-0.25, -0.2) is 0 Å². The fourth-order valence-corrected chi connectivity index (χ4v) is 3.85. The van der Waals surface area contributed by atoms with Crippen molar-refractivity contribution in [3.8, 4) is 0 Å². The Labute approximate surface area is 144 Å². The summed E-state index contributed by atoms with van der Waals surface area (Å²) in [6, 6.07) is 10.2. The molecule has 5 heteroatoms. The fraction of sp³-hybridized carbons (Fsp3) is 0.611. The Bertz CT molecular complexity index is 511. The highest BCUT2D eigenvalue weighted by Gasteiger charge is 2.39. The van der Waals surface area contributed by atoms with E-state index in [0.717, 1.165) is 24.8 Å². The zero-order chi connectivity index (χ0) is 15.5. The monoisotopic (exact) mass is 338 g/mol. The number of nitrogens with zero attached hydrogens (tertiary/aromatic N) is 1. The maximum atomic E-state index is 13.1. The lowest BCUT2D eigenvalue weighted by atomic mass is 9.92. The molecule has 0 bridgehead atoms. The zero-order valence-corrected chi connectivity index (χ0v) is 14.5. The summed E-state index contributed by atoms with van der Waals surface area (Å²) in [5.41, 5.74) is 7.03. The molecular weight excluding hydrogens is 312 g/mol. The highest BCUT2D eigenvalue weighted by Crippen LogP contribution is 2.36. The second-order valence-electron chi connectivity index (χ2n) is 6.59. The summed E-state index contributed by atoms with van der Waals surface area (Å²) in [5, 5.41) is 0. The van der Waals surface area contributed by atoms with Crippen molar-refractivity contribution in [1.29, 1.82) is 0 Å². The van der Waals surface area contributed by atoms with Crippen LogP contribution < -0.4 is 5.73 Å². The van der Waals surface area contributed by atoms with Gasteiger partial charge in [-0.1, -0.05) is 36.8 Å². The van der Waals surface area contributed by atoms with E-state index < -0.39 is 0 Å². The highest BCUT2D eigenvalue weighted by atomic mass is 35.5. The van der Waals surface area contributed by atoms with E-state index in [9.17, 15) is 4.79 Å². The van der Waals surface area contributed by atoms with Crippen LogP contribution in [0.4, 0.5) is 0 Å². The molecule has 128 valence electrons. The molecule has 0 radical (unpaired) electrons. The summed E-state index contributed by atoms with van der Waals surface area (Å²) in [5.74, 6) is 0.723. The minimum Gasteiger partial charge on any atom is -0.374 e. The number of carbonyl (C=O) groups is 1. The summed E-state index contributed by atoms with van der Waals surface area (Å²) >= 11 is 0. The van der Waals surface area contributed by atoms with Crippen LogP contribution in [-0.4, -0.2) is 36.6 Å². The molecule has 3 rings (SSSR count). The van der Waals surface area contributed by atoms with Gasteiger partial charge in [-0.05, 0) is 37.8 Å². The van der Waals surface area contributed by atoms with Crippen LogP contribution >= 0.6 is 12.4 Å². The third kappa shape index (κ3) is 3.87. The number of rotatable bonds is 3. The van der Waals surface area contributed by atoms with Crippen LogP contribution in [0.1, 0.15) is 37.8 Å². The Hall–Kier alpha value is -1.10. The van der Waals surface area contributed by atoms with Gasteiger partial charge < -0.3 is 15.4 Å². The van der Waals surface area contributed by atoms with Gasteiger partial charge in [0.25, 0.3) is 0 Å². The first kappa shape index (κ1) is 18.2. The lowest BCUT2D eigenvalue weighted by Gasteiger charge is -2.41. The lowest BCUT2D eigenvalue weighted by Crippen LogP contribution is -2.49. The molecule has 4 nitrogen and oxygen atoms in total. The second-order valence-corrected chi connectivity index (χ2v) is 6.59. The first-order valence-electron chi connectivity index (χ1n) is 8.37. The molecule has 23 heavy (non-hydrogen) atoms. The van der Waals surface area contributed by atoms with Crippen molar-refractivity contribution in [3.05, 3.63) is 35.9 Å². The van der Waals surface area contributed by atoms with E-state index >= 15 is 0 Å². The first-order chi connectivity index (χ1) is 10.7. The predicted molar refractivity (Wildman–Crippen MR) is 93.4 cm³/mol. The zero-order valence-electron chi connectivity index (χ0n) is 13.7. The normalized spacial score (nSPS) is 30.8. The van der Waals surface area contributed by atoms with E-state index in [-0.39, 0.29) is 36.4 Å². The second kappa shape index (κ2) is 8.13. The largest absolute Gasteiger partial charge is 0.374 e. The highest BCUT2D eigenvalue weighted by molar-refractivity contribution is 5.85. The molecule has 1 aromatic carbocycles. The Balaban J connectivity index is 0.00000192. The molecule has 1 aromatic rings. The Morgan fingerprint density at radius 3 is 2.74 bits per heavy atom. The summed E-state index contributed by atoms with van der Waals surface area (Å²) in [7, 11) is 0.